The first-order chi connectivity index (χ1) is 6.71. The highest BCUT2D eigenvalue weighted by atomic mass is 79.9. The largest absolute Gasteiger partial charge is 0.492 e. The summed E-state index contributed by atoms with van der Waals surface area (Å²) in [5.41, 5.74) is 0.580. The molecule has 2 aliphatic rings. The molecule has 1 heterocycles. The first kappa shape index (κ1) is 8.48. The minimum absolute atomic E-state index is 0.159. The molecule has 1 spiro atoms. The molecule has 1 aliphatic carbocycles. The van der Waals surface area contributed by atoms with E-state index < -0.39 is 0 Å². The monoisotopic (exact) mass is 252 g/mol. The second kappa shape index (κ2) is 2.60. The van der Waals surface area contributed by atoms with E-state index in [-0.39, 0.29) is 11.2 Å². The van der Waals surface area contributed by atoms with Crippen LogP contribution in [0.1, 0.15) is 23.2 Å². The van der Waals surface area contributed by atoms with Crippen molar-refractivity contribution in [2.24, 2.45) is 5.41 Å². The van der Waals surface area contributed by atoms with E-state index >= 15 is 0 Å². The maximum atomic E-state index is 12.1. The maximum absolute atomic E-state index is 12.1. The highest BCUT2D eigenvalue weighted by Crippen LogP contribution is 2.52. The number of carbonyl (C=O) groups excluding carboxylic acids is 1. The van der Waals surface area contributed by atoms with Gasteiger partial charge in [-0.2, -0.15) is 0 Å². The van der Waals surface area contributed by atoms with E-state index in [0.717, 1.165) is 28.6 Å². The van der Waals surface area contributed by atoms with Gasteiger partial charge in [0.05, 0.1) is 11.0 Å². The summed E-state index contributed by atoms with van der Waals surface area (Å²) in [7, 11) is 0. The SMILES string of the molecule is O=C1c2cc(Br)ccc2OCC12CC2. The van der Waals surface area contributed by atoms with E-state index in [4.69, 9.17) is 4.74 Å². The first-order valence-electron chi connectivity index (χ1n) is 4.68. The Balaban J connectivity index is 2.13. The van der Waals surface area contributed by atoms with E-state index in [2.05, 4.69) is 15.9 Å². The van der Waals surface area contributed by atoms with E-state index in [1.807, 2.05) is 18.2 Å². The number of carbonyl (C=O) groups is 1. The van der Waals surface area contributed by atoms with Crippen LogP contribution in [0.5, 0.6) is 5.75 Å². The van der Waals surface area contributed by atoms with Crippen molar-refractivity contribution in [1.29, 1.82) is 0 Å². The summed E-state index contributed by atoms with van der Waals surface area (Å²) in [5.74, 6) is 0.996. The van der Waals surface area contributed by atoms with Gasteiger partial charge in [-0.05, 0) is 31.0 Å². The normalized spacial score (nSPS) is 21.6. The molecule has 3 heteroatoms. The molecule has 0 unspecified atom stereocenters. The van der Waals surface area contributed by atoms with Crippen LogP contribution in [-0.2, 0) is 0 Å². The van der Waals surface area contributed by atoms with E-state index in [1.165, 1.54) is 0 Å². The van der Waals surface area contributed by atoms with E-state index in [0.29, 0.717) is 6.61 Å². The van der Waals surface area contributed by atoms with Crippen LogP contribution in [-0.4, -0.2) is 12.4 Å². The molecule has 0 aromatic heterocycles. The molecular formula is C11H9BrO2. The number of ether oxygens (including phenoxy) is 1. The Morgan fingerprint density at radius 1 is 1.36 bits per heavy atom. The van der Waals surface area contributed by atoms with Gasteiger partial charge >= 0.3 is 0 Å². The van der Waals surface area contributed by atoms with Crippen molar-refractivity contribution in [3.8, 4) is 5.75 Å². The van der Waals surface area contributed by atoms with Crippen LogP contribution < -0.4 is 4.74 Å². The van der Waals surface area contributed by atoms with Gasteiger partial charge in [0, 0.05) is 4.47 Å². The van der Waals surface area contributed by atoms with Crippen molar-refractivity contribution in [3.05, 3.63) is 28.2 Å². The van der Waals surface area contributed by atoms with Crippen molar-refractivity contribution in [1.82, 2.24) is 0 Å². The molecule has 0 atom stereocenters. The predicted molar refractivity (Wildman–Crippen MR) is 55.6 cm³/mol. The molecule has 0 radical (unpaired) electrons. The van der Waals surface area contributed by atoms with Gasteiger partial charge in [0.25, 0.3) is 0 Å². The Morgan fingerprint density at radius 3 is 2.86 bits per heavy atom. The number of hydrogen-bond donors (Lipinski definition) is 0. The van der Waals surface area contributed by atoms with Crippen LogP contribution in [0.25, 0.3) is 0 Å². The van der Waals surface area contributed by atoms with Gasteiger partial charge in [0.2, 0.25) is 0 Å². The summed E-state index contributed by atoms with van der Waals surface area (Å²) in [4.78, 5) is 12.1. The topological polar surface area (TPSA) is 26.3 Å². The molecule has 0 bridgehead atoms. The van der Waals surface area contributed by atoms with Crippen LogP contribution in [0.15, 0.2) is 22.7 Å². The molecule has 1 aliphatic heterocycles. The predicted octanol–water partition coefficient (Wildman–Crippen LogP) is 2.80. The van der Waals surface area contributed by atoms with Gasteiger partial charge in [0.15, 0.2) is 5.78 Å². The van der Waals surface area contributed by atoms with Crippen molar-refractivity contribution >= 4 is 21.7 Å². The number of rotatable bonds is 0. The molecule has 1 fully saturated rings. The summed E-state index contributed by atoms with van der Waals surface area (Å²) in [6.45, 7) is 0.570. The molecular weight excluding hydrogens is 244 g/mol. The lowest BCUT2D eigenvalue weighted by molar-refractivity contribution is 0.0798. The van der Waals surface area contributed by atoms with Crippen molar-refractivity contribution in [2.75, 3.05) is 6.61 Å². The molecule has 1 aromatic rings. The van der Waals surface area contributed by atoms with Gasteiger partial charge in [-0.15, -0.1) is 0 Å². The molecule has 0 N–H and O–H groups in total. The number of Topliss-reactive ketones (excluding diaryl/α,β-unsaturated/α-hetero) is 1. The third-order valence-corrected chi connectivity index (χ3v) is 3.52. The minimum Gasteiger partial charge on any atom is -0.492 e. The number of hydrogen-bond acceptors (Lipinski definition) is 2. The van der Waals surface area contributed by atoms with Crippen LogP contribution in [0.4, 0.5) is 0 Å². The van der Waals surface area contributed by atoms with Crippen LogP contribution in [0.2, 0.25) is 0 Å². The Kier molecular flexibility index (Phi) is 1.57. The highest BCUT2D eigenvalue weighted by molar-refractivity contribution is 9.10. The summed E-state index contributed by atoms with van der Waals surface area (Å²) in [5, 5.41) is 0. The fraction of sp³-hybridized carbons (Fsp3) is 0.364. The molecule has 14 heavy (non-hydrogen) atoms. The molecule has 0 amide bonds. The van der Waals surface area contributed by atoms with Gasteiger partial charge in [-0.1, -0.05) is 15.9 Å². The second-order valence-electron chi connectivity index (χ2n) is 4.04. The lowest BCUT2D eigenvalue weighted by Gasteiger charge is -2.23. The lowest BCUT2D eigenvalue weighted by Crippen LogP contribution is -2.29. The zero-order chi connectivity index (χ0) is 9.76. The number of halogens is 1. The summed E-state index contributed by atoms with van der Waals surface area (Å²) in [6, 6.07) is 5.61. The van der Waals surface area contributed by atoms with Crippen LogP contribution in [0.3, 0.4) is 0 Å². The average molecular weight is 253 g/mol. The fourth-order valence-electron chi connectivity index (χ4n) is 1.89. The van der Waals surface area contributed by atoms with Gasteiger partial charge < -0.3 is 4.74 Å². The zero-order valence-corrected chi connectivity index (χ0v) is 9.13. The third kappa shape index (κ3) is 1.05. The highest BCUT2D eigenvalue weighted by Gasteiger charge is 2.53. The Bertz CT molecular complexity index is 421. The molecule has 3 rings (SSSR count). The Labute approximate surface area is 90.4 Å². The summed E-state index contributed by atoms with van der Waals surface area (Å²) in [6.07, 6.45) is 1.97. The first-order valence-corrected chi connectivity index (χ1v) is 5.48. The van der Waals surface area contributed by atoms with Crippen molar-refractivity contribution in [2.45, 2.75) is 12.8 Å². The van der Waals surface area contributed by atoms with E-state index in [1.54, 1.807) is 0 Å². The third-order valence-electron chi connectivity index (χ3n) is 3.03. The minimum atomic E-state index is -0.159. The fourth-order valence-corrected chi connectivity index (χ4v) is 2.26. The van der Waals surface area contributed by atoms with Gasteiger partial charge in [0.1, 0.15) is 12.4 Å². The number of fused-ring (bicyclic) bond motifs is 1. The van der Waals surface area contributed by atoms with Gasteiger partial charge in [-0.3, -0.25) is 4.79 Å². The number of ketones is 1. The molecule has 72 valence electrons. The molecule has 1 aromatic carbocycles. The smallest absolute Gasteiger partial charge is 0.176 e. The quantitative estimate of drug-likeness (QED) is 0.710. The average Bonchev–Trinajstić information content (AvgIpc) is 2.94. The Hall–Kier alpha value is -0.830. The maximum Gasteiger partial charge on any atom is 0.176 e. The van der Waals surface area contributed by atoms with Crippen LogP contribution in [0, 0.1) is 5.41 Å². The summed E-state index contributed by atoms with van der Waals surface area (Å²) >= 11 is 3.37. The van der Waals surface area contributed by atoms with Gasteiger partial charge in [-0.25, -0.2) is 0 Å². The van der Waals surface area contributed by atoms with Crippen LogP contribution >= 0.6 is 15.9 Å². The van der Waals surface area contributed by atoms with Crippen molar-refractivity contribution < 1.29 is 9.53 Å². The Morgan fingerprint density at radius 2 is 2.14 bits per heavy atom. The molecule has 1 saturated carbocycles. The molecule has 0 saturated heterocycles. The van der Waals surface area contributed by atoms with Crippen molar-refractivity contribution in [3.63, 3.8) is 0 Å². The molecule has 2 nitrogen and oxygen atoms in total. The summed E-state index contributed by atoms with van der Waals surface area (Å²) < 4.78 is 6.52. The lowest BCUT2D eigenvalue weighted by atomic mass is 9.92. The zero-order valence-electron chi connectivity index (χ0n) is 7.55. The number of benzene rings is 1. The van der Waals surface area contributed by atoms with E-state index in [9.17, 15) is 4.79 Å². The standard InChI is InChI=1S/C11H9BrO2/c12-7-1-2-9-8(5-7)10(13)11(3-4-11)6-14-9/h1-2,5H,3-4,6H2. The second-order valence-corrected chi connectivity index (χ2v) is 4.95.